The number of carbonyl (C=O) groups is 1. The number of nitrogens with one attached hydrogen (secondary N) is 1. The zero-order valence-corrected chi connectivity index (χ0v) is 13.3. The molecule has 2 nitrogen and oxygen atoms in total. The average Bonchev–Trinajstić information content (AvgIpc) is 2.48. The maximum absolute atomic E-state index is 13.7. The first-order chi connectivity index (χ1) is 10.5. The summed E-state index contributed by atoms with van der Waals surface area (Å²) in [5.41, 5.74) is 0.489. The predicted octanol–water partition coefficient (Wildman–Crippen LogP) is 4.88. The fourth-order valence-corrected chi connectivity index (χ4v) is 2.98. The summed E-state index contributed by atoms with van der Waals surface area (Å²) in [6.07, 6.45) is 0. The minimum atomic E-state index is -0.495. The van der Waals surface area contributed by atoms with Crippen molar-refractivity contribution in [3.05, 3.63) is 64.7 Å². The van der Waals surface area contributed by atoms with Gasteiger partial charge in [-0.3, -0.25) is 4.79 Å². The van der Waals surface area contributed by atoms with Crippen molar-refractivity contribution in [1.29, 1.82) is 0 Å². The molecule has 0 radical (unpaired) electrons. The van der Waals surface area contributed by atoms with Gasteiger partial charge in [0.15, 0.2) is 0 Å². The minimum Gasteiger partial charge on any atom is -0.323 e. The van der Waals surface area contributed by atoms with Gasteiger partial charge in [0, 0.05) is 16.3 Å². The van der Waals surface area contributed by atoms with E-state index < -0.39 is 16.9 Å². The van der Waals surface area contributed by atoms with Crippen LogP contribution in [0.1, 0.15) is 12.5 Å². The van der Waals surface area contributed by atoms with E-state index in [1.54, 1.807) is 25.1 Å². The largest absolute Gasteiger partial charge is 0.323 e. The van der Waals surface area contributed by atoms with Crippen LogP contribution in [-0.2, 0) is 10.5 Å². The van der Waals surface area contributed by atoms with Crippen LogP contribution < -0.4 is 5.32 Å². The molecule has 0 aliphatic rings. The van der Waals surface area contributed by atoms with E-state index in [-0.39, 0.29) is 17.3 Å². The normalized spacial score (nSPS) is 12.0. The number of anilines is 1. The molecule has 2 rings (SSSR count). The summed E-state index contributed by atoms with van der Waals surface area (Å²) in [5.74, 6) is -0.980. The van der Waals surface area contributed by atoms with Crippen LogP contribution in [0.4, 0.5) is 14.5 Å². The molecule has 0 aromatic heterocycles. The van der Waals surface area contributed by atoms with Gasteiger partial charge in [-0.1, -0.05) is 29.8 Å². The molecule has 22 heavy (non-hydrogen) atoms. The zero-order valence-electron chi connectivity index (χ0n) is 11.8. The van der Waals surface area contributed by atoms with E-state index in [1.165, 1.54) is 36.0 Å². The van der Waals surface area contributed by atoms with Crippen molar-refractivity contribution < 1.29 is 13.6 Å². The van der Waals surface area contributed by atoms with E-state index in [9.17, 15) is 13.6 Å². The maximum Gasteiger partial charge on any atom is 0.237 e. The highest BCUT2D eigenvalue weighted by molar-refractivity contribution is 7.99. The smallest absolute Gasteiger partial charge is 0.237 e. The van der Waals surface area contributed by atoms with E-state index in [1.807, 2.05) is 0 Å². The van der Waals surface area contributed by atoms with Crippen LogP contribution in [0.5, 0.6) is 0 Å². The monoisotopic (exact) mass is 341 g/mol. The lowest BCUT2D eigenvalue weighted by Crippen LogP contribution is -2.23. The summed E-state index contributed by atoms with van der Waals surface area (Å²) >= 11 is 7.17. The van der Waals surface area contributed by atoms with Gasteiger partial charge in [0.1, 0.15) is 11.6 Å². The molecular formula is C16H14ClF2NOS. The third kappa shape index (κ3) is 4.21. The third-order valence-corrected chi connectivity index (χ3v) is 4.56. The van der Waals surface area contributed by atoms with E-state index >= 15 is 0 Å². The van der Waals surface area contributed by atoms with E-state index in [2.05, 4.69) is 5.32 Å². The Morgan fingerprint density at radius 1 is 1.18 bits per heavy atom. The van der Waals surface area contributed by atoms with Crippen LogP contribution in [-0.4, -0.2) is 11.2 Å². The first-order valence-corrected chi connectivity index (χ1v) is 8.01. The van der Waals surface area contributed by atoms with Gasteiger partial charge in [-0.25, -0.2) is 8.78 Å². The Bertz CT molecular complexity index is 661. The maximum atomic E-state index is 13.7. The molecule has 0 saturated heterocycles. The summed E-state index contributed by atoms with van der Waals surface area (Å²) in [6.45, 7) is 1.68. The molecule has 0 unspecified atom stereocenters. The SMILES string of the molecule is C[C@@H](SCc1c(F)cccc1Cl)C(=O)Nc1ccccc1F. The molecule has 0 spiro atoms. The summed E-state index contributed by atoms with van der Waals surface area (Å²) in [6, 6.07) is 10.4. The minimum absolute atomic E-state index is 0.129. The van der Waals surface area contributed by atoms with Gasteiger partial charge >= 0.3 is 0 Å². The molecule has 116 valence electrons. The van der Waals surface area contributed by atoms with Crippen molar-refractivity contribution in [3.8, 4) is 0 Å². The first-order valence-electron chi connectivity index (χ1n) is 6.59. The lowest BCUT2D eigenvalue weighted by Gasteiger charge is -2.13. The quantitative estimate of drug-likeness (QED) is 0.839. The number of para-hydroxylation sites is 1. The number of hydrogen-bond acceptors (Lipinski definition) is 2. The molecule has 0 heterocycles. The van der Waals surface area contributed by atoms with Crippen LogP contribution in [0, 0.1) is 11.6 Å². The molecule has 1 N–H and O–H groups in total. The van der Waals surface area contributed by atoms with Gasteiger partial charge in [0.05, 0.1) is 10.9 Å². The lowest BCUT2D eigenvalue weighted by atomic mass is 10.2. The van der Waals surface area contributed by atoms with Crippen molar-refractivity contribution in [1.82, 2.24) is 0 Å². The Hall–Kier alpha value is -1.59. The van der Waals surface area contributed by atoms with Gasteiger partial charge < -0.3 is 5.32 Å². The Kier molecular flexibility index (Phi) is 5.80. The van der Waals surface area contributed by atoms with Crippen LogP contribution in [0.2, 0.25) is 5.02 Å². The molecule has 0 fully saturated rings. The number of rotatable bonds is 5. The van der Waals surface area contributed by atoms with E-state index in [0.717, 1.165) is 0 Å². The van der Waals surface area contributed by atoms with Crippen molar-refractivity contribution in [2.24, 2.45) is 0 Å². The van der Waals surface area contributed by atoms with E-state index in [0.29, 0.717) is 10.6 Å². The summed E-state index contributed by atoms with van der Waals surface area (Å²) in [5, 5.41) is 2.37. The van der Waals surface area contributed by atoms with Gasteiger partial charge in [-0.2, -0.15) is 0 Å². The molecule has 1 atom stereocenters. The number of carbonyl (C=O) groups excluding carboxylic acids is 1. The van der Waals surface area contributed by atoms with Crippen molar-refractivity contribution in [2.45, 2.75) is 17.9 Å². The van der Waals surface area contributed by atoms with E-state index in [4.69, 9.17) is 11.6 Å². The lowest BCUT2D eigenvalue weighted by molar-refractivity contribution is -0.115. The second-order valence-electron chi connectivity index (χ2n) is 4.62. The average molecular weight is 342 g/mol. The zero-order chi connectivity index (χ0) is 16.1. The number of thioether (sulfide) groups is 1. The predicted molar refractivity (Wildman–Crippen MR) is 87.2 cm³/mol. The molecule has 2 aromatic carbocycles. The van der Waals surface area contributed by atoms with Gasteiger partial charge in [0.2, 0.25) is 5.91 Å². The van der Waals surface area contributed by atoms with Gasteiger partial charge in [-0.15, -0.1) is 11.8 Å². The Labute approximate surface area is 136 Å². The number of halogens is 3. The number of amides is 1. The van der Waals surface area contributed by atoms with Crippen LogP contribution >= 0.6 is 23.4 Å². The van der Waals surface area contributed by atoms with Crippen LogP contribution in [0.15, 0.2) is 42.5 Å². The first kappa shape index (κ1) is 16.8. The Balaban J connectivity index is 1.96. The van der Waals surface area contributed by atoms with Gasteiger partial charge in [0.25, 0.3) is 0 Å². The molecule has 0 bridgehead atoms. The fourth-order valence-electron chi connectivity index (χ4n) is 1.75. The Morgan fingerprint density at radius 3 is 2.55 bits per heavy atom. The number of benzene rings is 2. The molecule has 2 aromatic rings. The van der Waals surface area contributed by atoms with Crippen LogP contribution in [0.3, 0.4) is 0 Å². The Morgan fingerprint density at radius 2 is 1.86 bits per heavy atom. The summed E-state index contributed by atoms with van der Waals surface area (Å²) < 4.78 is 27.1. The number of hydrogen-bond donors (Lipinski definition) is 1. The second-order valence-corrected chi connectivity index (χ2v) is 6.36. The highest BCUT2D eigenvalue weighted by atomic mass is 35.5. The van der Waals surface area contributed by atoms with Crippen molar-refractivity contribution in [2.75, 3.05) is 5.32 Å². The molecule has 0 aliphatic carbocycles. The van der Waals surface area contributed by atoms with Crippen molar-refractivity contribution in [3.63, 3.8) is 0 Å². The fraction of sp³-hybridized carbons (Fsp3) is 0.188. The molecule has 0 saturated carbocycles. The molecule has 0 aliphatic heterocycles. The molecule has 1 amide bonds. The third-order valence-electron chi connectivity index (χ3n) is 3.04. The van der Waals surface area contributed by atoms with Gasteiger partial charge in [-0.05, 0) is 31.2 Å². The summed E-state index contributed by atoms with van der Waals surface area (Å²) in [4.78, 5) is 12.0. The molecular weight excluding hydrogens is 328 g/mol. The standard InChI is InChI=1S/C16H14ClF2NOS/c1-10(16(21)20-15-8-3-2-6-14(15)19)22-9-11-12(17)5-4-7-13(11)18/h2-8,10H,9H2,1H3,(H,20,21)/t10-/m1/s1. The highest BCUT2D eigenvalue weighted by Gasteiger charge is 2.17. The summed E-state index contributed by atoms with van der Waals surface area (Å²) in [7, 11) is 0. The van der Waals surface area contributed by atoms with Crippen molar-refractivity contribution >= 4 is 35.0 Å². The molecule has 6 heteroatoms. The highest BCUT2D eigenvalue weighted by Crippen LogP contribution is 2.26. The topological polar surface area (TPSA) is 29.1 Å². The second kappa shape index (κ2) is 7.61. The van der Waals surface area contributed by atoms with Crippen LogP contribution in [0.25, 0.3) is 0 Å².